The molecule has 0 saturated carbocycles. The molecule has 2 aromatic carbocycles. The molecular weight excluding hydrogens is 312 g/mol. The topological polar surface area (TPSA) is 53.9 Å². The van der Waals surface area contributed by atoms with E-state index in [4.69, 9.17) is 0 Å². The molecule has 0 bridgehead atoms. The first-order valence-electron chi connectivity index (χ1n) is 8.58. The molecule has 1 amide bonds. The van der Waals surface area contributed by atoms with Crippen molar-refractivity contribution in [2.75, 3.05) is 13.1 Å². The van der Waals surface area contributed by atoms with E-state index in [-0.39, 0.29) is 11.9 Å². The highest BCUT2D eigenvalue weighted by atomic mass is 16.2. The number of aromatic nitrogens is 3. The quantitative estimate of drug-likeness (QED) is 0.610. The molecule has 1 aliphatic rings. The Morgan fingerprint density at radius 3 is 3.00 bits per heavy atom. The molecule has 0 radical (unpaired) electrons. The van der Waals surface area contributed by atoms with Gasteiger partial charge >= 0.3 is 0 Å². The number of hydrogen-bond donors (Lipinski definition) is 1. The van der Waals surface area contributed by atoms with Crippen LogP contribution in [-0.4, -0.2) is 38.4 Å². The molecule has 5 rings (SSSR count). The minimum absolute atomic E-state index is 0.108. The van der Waals surface area contributed by atoms with Crippen LogP contribution in [0.2, 0.25) is 0 Å². The first-order valence-corrected chi connectivity index (χ1v) is 8.58. The highest BCUT2D eigenvalue weighted by Crippen LogP contribution is 2.28. The van der Waals surface area contributed by atoms with Crippen molar-refractivity contribution in [3.63, 3.8) is 0 Å². The van der Waals surface area contributed by atoms with Crippen LogP contribution in [0, 0.1) is 0 Å². The molecule has 1 saturated heterocycles. The van der Waals surface area contributed by atoms with Gasteiger partial charge in [-0.15, -0.1) is 0 Å². The largest absolute Gasteiger partial charge is 0.361 e. The summed E-state index contributed by atoms with van der Waals surface area (Å²) in [6.45, 7) is 1.50. The fraction of sp³-hybridized carbons (Fsp3) is 0.200. The number of nitrogens with zero attached hydrogens (tertiary/aromatic N) is 3. The Hall–Kier alpha value is -3.08. The third-order valence-electron chi connectivity index (χ3n) is 5.15. The number of imidazole rings is 1. The maximum Gasteiger partial charge on any atom is 0.254 e. The van der Waals surface area contributed by atoms with Crippen LogP contribution in [0.4, 0.5) is 0 Å². The van der Waals surface area contributed by atoms with E-state index >= 15 is 0 Å². The maximum absolute atomic E-state index is 13.0. The maximum atomic E-state index is 13.0. The van der Waals surface area contributed by atoms with E-state index in [0.717, 1.165) is 47.0 Å². The monoisotopic (exact) mass is 330 g/mol. The lowest BCUT2D eigenvalue weighted by Crippen LogP contribution is -2.29. The van der Waals surface area contributed by atoms with E-state index in [1.54, 1.807) is 0 Å². The van der Waals surface area contributed by atoms with Gasteiger partial charge in [-0.05, 0) is 36.8 Å². The molecule has 25 heavy (non-hydrogen) atoms. The fourth-order valence-corrected chi connectivity index (χ4v) is 3.86. The van der Waals surface area contributed by atoms with Crippen LogP contribution in [0.15, 0.2) is 61.1 Å². The number of aromatic amines is 1. The molecule has 3 heterocycles. The van der Waals surface area contributed by atoms with Crippen molar-refractivity contribution in [3.8, 4) is 0 Å². The summed E-state index contributed by atoms with van der Waals surface area (Å²) in [4.78, 5) is 22.6. The number of carbonyl (C=O) groups excluding carboxylic acids is 1. The average Bonchev–Trinajstić information content (AvgIpc) is 3.38. The van der Waals surface area contributed by atoms with Crippen molar-refractivity contribution in [1.82, 2.24) is 19.4 Å². The van der Waals surface area contributed by atoms with Crippen LogP contribution in [0.25, 0.3) is 21.9 Å². The molecule has 1 aliphatic heterocycles. The number of hydrogen-bond acceptors (Lipinski definition) is 2. The van der Waals surface area contributed by atoms with E-state index in [1.807, 2.05) is 59.9 Å². The molecule has 1 atom stereocenters. The Morgan fingerprint density at radius 2 is 2.04 bits per heavy atom. The number of rotatable bonds is 2. The van der Waals surface area contributed by atoms with Gasteiger partial charge < -0.3 is 14.5 Å². The van der Waals surface area contributed by atoms with Crippen molar-refractivity contribution < 1.29 is 4.79 Å². The summed E-state index contributed by atoms with van der Waals surface area (Å²) in [5.74, 6) is 0.108. The third-order valence-corrected chi connectivity index (χ3v) is 5.15. The van der Waals surface area contributed by atoms with Gasteiger partial charge in [-0.2, -0.15) is 0 Å². The van der Waals surface area contributed by atoms with Gasteiger partial charge in [0.05, 0.1) is 23.4 Å². The van der Waals surface area contributed by atoms with Crippen molar-refractivity contribution in [2.24, 2.45) is 0 Å². The zero-order valence-corrected chi connectivity index (χ0v) is 13.7. The van der Waals surface area contributed by atoms with Crippen LogP contribution < -0.4 is 0 Å². The van der Waals surface area contributed by atoms with Gasteiger partial charge in [0.25, 0.3) is 5.91 Å². The van der Waals surface area contributed by atoms with Gasteiger partial charge in [0, 0.05) is 35.8 Å². The first-order chi connectivity index (χ1) is 12.3. The van der Waals surface area contributed by atoms with Gasteiger partial charge in [-0.25, -0.2) is 4.98 Å². The lowest BCUT2D eigenvalue weighted by Gasteiger charge is -2.18. The van der Waals surface area contributed by atoms with E-state index < -0.39 is 0 Å². The normalized spacial score (nSPS) is 17.6. The van der Waals surface area contributed by atoms with E-state index in [1.165, 1.54) is 0 Å². The standard InChI is InChI=1S/C20H18N4O/c25-20(16-4-3-6-17-15(16)8-10-21-17)23-11-9-14(12-23)24-13-22-18-5-1-2-7-19(18)24/h1-8,10,13-14,21H,9,11-12H2/t14-/m0/s1. The number of benzene rings is 2. The molecule has 5 heteroatoms. The molecule has 5 nitrogen and oxygen atoms in total. The van der Waals surface area contributed by atoms with Crippen LogP contribution >= 0.6 is 0 Å². The Kier molecular flexibility index (Phi) is 3.13. The van der Waals surface area contributed by atoms with E-state index in [0.29, 0.717) is 0 Å². The molecule has 0 unspecified atom stereocenters. The third kappa shape index (κ3) is 2.23. The second kappa shape index (κ2) is 5.48. The highest BCUT2D eigenvalue weighted by molar-refractivity contribution is 6.06. The molecule has 2 aromatic heterocycles. The SMILES string of the molecule is O=C(c1cccc2[nH]ccc12)N1CC[C@H](n2cnc3ccccc32)C1. The van der Waals surface area contributed by atoms with Crippen molar-refractivity contribution in [2.45, 2.75) is 12.5 Å². The predicted octanol–water partition coefficient (Wildman–Crippen LogP) is 3.60. The van der Waals surface area contributed by atoms with Crippen LogP contribution in [0.3, 0.4) is 0 Å². The molecule has 1 fully saturated rings. The second-order valence-corrected chi connectivity index (χ2v) is 6.58. The number of para-hydroxylation sites is 2. The second-order valence-electron chi connectivity index (χ2n) is 6.58. The number of H-pyrrole nitrogens is 1. The smallest absolute Gasteiger partial charge is 0.254 e. The summed E-state index contributed by atoms with van der Waals surface area (Å²) >= 11 is 0. The minimum Gasteiger partial charge on any atom is -0.361 e. The van der Waals surface area contributed by atoms with Crippen LogP contribution in [-0.2, 0) is 0 Å². The Bertz CT molecular complexity index is 1080. The molecule has 4 aromatic rings. The van der Waals surface area contributed by atoms with E-state index in [2.05, 4.69) is 20.6 Å². The van der Waals surface area contributed by atoms with Crippen molar-refractivity contribution in [1.29, 1.82) is 0 Å². The van der Waals surface area contributed by atoms with E-state index in [9.17, 15) is 4.79 Å². The zero-order chi connectivity index (χ0) is 16.8. The summed E-state index contributed by atoms with van der Waals surface area (Å²) < 4.78 is 2.21. The highest BCUT2D eigenvalue weighted by Gasteiger charge is 2.29. The number of amides is 1. The number of carbonyl (C=O) groups is 1. The fourth-order valence-electron chi connectivity index (χ4n) is 3.86. The lowest BCUT2D eigenvalue weighted by molar-refractivity contribution is 0.0790. The summed E-state index contributed by atoms with van der Waals surface area (Å²) in [7, 11) is 0. The van der Waals surface area contributed by atoms with Crippen molar-refractivity contribution >= 4 is 27.8 Å². The molecule has 1 N–H and O–H groups in total. The summed E-state index contributed by atoms with van der Waals surface area (Å²) in [6.07, 6.45) is 4.73. The lowest BCUT2D eigenvalue weighted by atomic mass is 10.1. The van der Waals surface area contributed by atoms with Crippen LogP contribution in [0.1, 0.15) is 22.8 Å². The van der Waals surface area contributed by atoms with Gasteiger partial charge in [0.2, 0.25) is 0 Å². The molecule has 124 valence electrons. The molecule has 0 aliphatic carbocycles. The number of likely N-dealkylation sites (tertiary alicyclic amines) is 1. The van der Waals surface area contributed by atoms with Gasteiger partial charge in [0.15, 0.2) is 0 Å². The Morgan fingerprint density at radius 1 is 1.12 bits per heavy atom. The van der Waals surface area contributed by atoms with Crippen molar-refractivity contribution in [3.05, 3.63) is 66.6 Å². The summed E-state index contributed by atoms with van der Waals surface area (Å²) in [6, 6.07) is 16.2. The predicted molar refractivity (Wildman–Crippen MR) is 97.6 cm³/mol. The summed E-state index contributed by atoms with van der Waals surface area (Å²) in [5, 5.41) is 0.990. The van der Waals surface area contributed by atoms with Gasteiger partial charge in [-0.3, -0.25) is 4.79 Å². The number of nitrogens with one attached hydrogen (secondary N) is 1. The van der Waals surface area contributed by atoms with Gasteiger partial charge in [-0.1, -0.05) is 18.2 Å². The van der Waals surface area contributed by atoms with Crippen LogP contribution in [0.5, 0.6) is 0 Å². The number of fused-ring (bicyclic) bond motifs is 2. The molecular formula is C20H18N4O. The first kappa shape index (κ1) is 14.3. The summed E-state index contributed by atoms with van der Waals surface area (Å²) in [5.41, 5.74) is 3.91. The Labute approximate surface area is 144 Å². The zero-order valence-electron chi connectivity index (χ0n) is 13.7. The molecule has 0 spiro atoms. The Balaban J connectivity index is 1.44. The average molecular weight is 330 g/mol. The minimum atomic E-state index is 0.108. The van der Waals surface area contributed by atoms with Gasteiger partial charge in [0.1, 0.15) is 0 Å².